The van der Waals surface area contributed by atoms with Gasteiger partial charge in [0.25, 0.3) is 0 Å². The van der Waals surface area contributed by atoms with Crippen LogP contribution in [0.5, 0.6) is 34.5 Å². The Kier molecular flexibility index (Phi) is 24.9. The van der Waals surface area contributed by atoms with Gasteiger partial charge in [-0.25, -0.2) is 0 Å². The number of carbonyl (C=O) groups excluding carboxylic acids is 6. The Hall–Kier alpha value is -10.5. The van der Waals surface area contributed by atoms with E-state index in [1.54, 1.807) is 121 Å². The van der Waals surface area contributed by atoms with Crippen molar-refractivity contribution in [2.45, 2.75) is 116 Å². The first-order valence-electron chi connectivity index (χ1n) is 27.5. The zero-order valence-electron chi connectivity index (χ0n) is 46.6. The molecule has 0 aliphatic heterocycles. The summed E-state index contributed by atoms with van der Waals surface area (Å²) in [6.07, 6.45) is 38.0. The highest BCUT2D eigenvalue weighted by Crippen LogP contribution is 2.48. The van der Waals surface area contributed by atoms with Gasteiger partial charge in [0.2, 0.25) is 0 Å². The molecule has 0 atom stereocenters. The van der Waals surface area contributed by atoms with Crippen molar-refractivity contribution in [3.8, 4) is 164 Å². The van der Waals surface area contributed by atoms with Crippen LogP contribution in [0.1, 0.15) is 116 Å². The van der Waals surface area contributed by atoms with Crippen molar-refractivity contribution in [2.75, 3.05) is 0 Å². The first-order valence-corrected chi connectivity index (χ1v) is 27.5. The Balaban J connectivity index is 1.64. The molecule has 0 aliphatic carbocycles. The predicted octanol–water partition coefficient (Wildman–Crippen LogP) is 14.3. The average Bonchev–Trinajstić information content (AvgIpc) is 1.76. The number of rotatable bonds is 29. The summed E-state index contributed by atoms with van der Waals surface area (Å²) in [5.74, 6) is 13.6. The SMILES string of the molecule is C#CCCCC(=O)Oc1ccc(-c2ccc(OC(=O)CCCC#C)cc2-c2cc(OC(=O)CCCC#C)ccc2-c2ccc(OC(=O)CCCC#C)cc2-c2cc(OC(=O)CCCC#C)ccc2-c2ccc(OC(=O)CCCC#C)cc2)cc1. The highest BCUT2D eigenvalue weighted by molar-refractivity contribution is 6.00. The zero-order chi connectivity index (χ0) is 60.1. The molecule has 0 N–H and O–H groups in total. The van der Waals surface area contributed by atoms with Crippen LogP contribution >= 0.6 is 0 Å². The van der Waals surface area contributed by atoms with Crippen molar-refractivity contribution in [1.29, 1.82) is 0 Å². The molecule has 422 valence electrons. The van der Waals surface area contributed by atoms with Crippen LogP contribution < -0.4 is 28.4 Å². The van der Waals surface area contributed by atoms with E-state index in [0.29, 0.717) is 144 Å². The Bertz CT molecular complexity index is 3360. The molecule has 0 unspecified atom stereocenters. The molecule has 0 amide bonds. The predicted molar refractivity (Wildman–Crippen MR) is 324 cm³/mol. The number of terminal acetylenes is 6. The van der Waals surface area contributed by atoms with Crippen LogP contribution in [0.3, 0.4) is 0 Å². The molecule has 0 saturated carbocycles. The van der Waals surface area contributed by atoms with Crippen molar-refractivity contribution in [3.63, 3.8) is 0 Å². The van der Waals surface area contributed by atoms with Gasteiger partial charge in [-0.2, -0.15) is 0 Å². The van der Waals surface area contributed by atoms with Crippen LogP contribution in [-0.4, -0.2) is 35.8 Å². The first kappa shape index (κ1) is 62.7. The Labute approximate surface area is 492 Å². The Morgan fingerprint density at radius 3 is 0.667 bits per heavy atom. The topological polar surface area (TPSA) is 158 Å². The maximum absolute atomic E-state index is 13.4. The van der Waals surface area contributed by atoms with Gasteiger partial charge in [-0.3, -0.25) is 28.8 Å². The van der Waals surface area contributed by atoms with Crippen LogP contribution in [0.2, 0.25) is 0 Å². The van der Waals surface area contributed by atoms with E-state index in [4.69, 9.17) is 67.0 Å². The highest BCUT2D eigenvalue weighted by atomic mass is 16.6. The second-order valence-corrected chi connectivity index (χ2v) is 19.1. The molecule has 0 aliphatic rings. The molecule has 0 bridgehead atoms. The molecule has 84 heavy (non-hydrogen) atoms. The van der Waals surface area contributed by atoms with Crippen molar-refractivity contribution in [3.05, 3.63) is 121 Å². The lowest BCUT2D eigenvalue weighted by Gasteiger charge is -2.21. The van der Waals surface area contributed by atoms with Gasteiger partial charge >= 0.3 is 35.8 Å². The molecule has 0 fully saturated rings. The molecule has 6 rings (SSSR count). The third kappa shape index (κ3) is 19.4. The minimum Gasteiger partial charge on any atom is -0.427 e. The zero-order valence-corrected chi connectivity index (χ0v) is 46.6. The fourth-order valence-corrected chi connectivity index (χ4v) is 8.72. The smallest absolute Gasteiger partial charge is 0.311 e. The second-order valence-electron chi connectivity index (χ2n) is 19.1. The normalized spacial score (nSPS) is 10.3. The van der Waals surface area contributed by atoms with E-state index in [1.165, 1.54) is 0 Å². The van der Waals surface area contributed by atoms with E-state index in [0.717, 1.165) is 0 Å². The number of carbonyl (C=O) groups is 6. The van der Waals surface area contributed by atoms with Crippen LogP contribution in [0.4, 0.5) is 0 Å². The quantitative estimate of drug-likeness (QED) is 0.0190. The van der Waals surface area contributed by atoms with E-state index in [2.05, 4.69) is 35.5 Å². The lowest BCUT2D eigenvalue weighted by molar-refractivity contribution is -0.135. The van der Waals surface area contributed by atoms with Gasteiger partial charge in [0.05, 0.1) is 0 Å². The minimum atomic E-state index is -0.530. The fourth-order valence-electron chi connectivity index (χ4n) is 8.72. The highest BCUT2D eigenvalue weighted by Gasteiger charge is 2.24. The summed E-state index contributed by atoms with van der Waals surface area (Å²) in [6, 6.07) is 34.2. The van der Waals surface area contributed by atoms with Gasteiger partial charge in [-0.05, 0) is 167 Å². The van der Waals surface area contributed by atoms with Gasteiger partial charge in [0, 0.05) is 77.0 Å². The molecule has 6 aromatic rings. The van der Waals surface area contributed by atoms with Gasteiger partial charge < -0.3 is 28.4 Å². The van der Waals surface area contributed by atoms with Crippen LogP contribution in [0, 0.1) is 74.1 Å². The van der Waals surface area contributed by atoms with Gasteiger partial charge in [0.1, 0.15) is 34.5 Å². The maximum atomic E-state index is 13.4. The molecule has 0 radical (unpaired) electrons. The van der Waals surface area contributed by atoms with E-state index in [1.807, 2.05) is 0 Å². The van der Waals surface area contributed by atoms with E-state index >= 15 is 0 Å². The van der Waals surface area contributed by atoms with Gasteiger partial charge in [0.15, 0.2) is 0 Å². The minimum absolute atomic E-state index is 0.0368. The maximum Gasteiger partial charge on any atom is 0.311 e. The summed E-state index contributed by atoms with van der Waals surface area (Å²) < 4.78 is 35.2. The van der Waals surface area contributed by atoms with Crippen molar-refractivity contribution >= 4 is 35.8 Å². The molecular weight excluding hydrogens is 1060 g/mol. The third-order valence-electron chi connectivity index (χ3n) is 12.8. The second kappa shape index (κ2) is 33.3. The molecule has 0 saturated heterocycles. The van der Waals surface area contributed by atoms with Crippen LogP contribution in [0.15, 0.2) is 121 Å². The lowest BCUT2D eigenvalue weighted by atomic mass is 9.84. The number of hydrogen-bond acceptors (Lipinski definition) is 12. The molecule has 12 nitrogen and oxygen atoms in total. The fraction of sp³-hybridized carbons (Fsp3) is 0.250. The van der Waals surface area contributed by atoms with Crippen molar-refractivity contribution < 1.29 is 57.2 Å². The molecule has 0 heterocycles. The van der Waals surface area contributed by atoms with Gasteiger partial charge in [-0.1, -0.05) is 48.5 Å². The van der Waals surface area contributed by atoms with Crippen LogP contribution in [0.25, 0.3) is 55.6 Å². The van der Waals surface area contributed by atoms with Crippen LogP contribution in [-0.2, 0) is 28.8 Å². The largest absolute Gasteiger partial charge is 0.427 e. The monoisotopic (exact) mass is 1120 g/mol. The number of ether oxygens (including phenoxy) is 6. The summed E-state index contributed by atoms with van der Waals surface area (Å²) in [4.78, 5) is 79.1. The molecule has 6 aromatic carbocycles. The van der Waals surface area contributed by atoms with E-state index in [9.17, 15) is 28.8 Å². The Morgan fingerprint density at radius 2 is 0.440 bits per heavy atom. The molecule has 0 aromatic heterocycles. The molecule has 12 heteroatoms. The molecule has 0 spiro atoms. The standard InChI is InChI=1S/C72H62O12/c1-7-13-19-25-67(73)79-53-35-31-51(32-36-53)59-43-39-55(81-69(75)27-21-15-9-3)47-63(59)65-49-57(83-71(77)29-23-17-11-5)41-45-61(65)62-46-42-58(84-72(78)30-24-18-12-6)50-66(62)64-48-56(82-70(76)28-22-16-10-4)40-44-60(64)52-33-37-54(38-34-52)80-68(74)26-20-14-8-2/h1-6,31-50H,13-30H2. The summed E-state index contributed by atoms with van der Waals surface area (Å²) in [7, 11) is 0. The average molecular weight is 1120 g/mol. The van der Waals surface area contributed by atoms with Gasteiger partial charge in [-0.15, -0.1) is 74.1 Å². The molecular formula is C72H62O12. The summed E-state index contributed by atoms with van der Waals surface area (Å²) in [5, 5.41) is 0. The van der Waals surface area contributed by atoms with E-state index in [-0.39, 0.29) is 61.5 Å². The number of benzene rings is 6. The summed E-state index contributed by atoms with van der Waals surface area (Å²) in [5.41, 5.74) is 5.55. The number of unbranched alkanes of at least 4 members (excludes halogenated alkanes) is 6. The number of esters is 6. The first-order chi connectivity index (χ1) is 40.9. The number of hydrogen-bond donors (Lipinski definition) is 0. The lowest BCUT2D eigenvalue weighted by Crippen LogP contribution is -2.09. The van der Waals surface area contributed by atoms with Crippen molar-refractivity contribution in [2.24, 2.45) is 0 Å². The summed E-state index contributed by atoms with van der Waals surface area (Å²) >= 11 is 0. The Morgan fingerprint density at radius 1 is 0.250 bits per heavy atom. The van der Waals surface area contributed by atoms with Crippen molar-refractivity contribution in [1.82, 2.24) is 0 Å². The summed E-state index contributed by atoms with van der Waals surface area (Å²) in [6.45, 7) is 0. The third-order valence-corrected chi connectivity index (χ3v) is 12.8. The van der Waals surface area contributed by atoms with E-state index < -0.39 is 35.8 Å².